The van der Waals surface area contributed by atoms with Gasteiger partial charge in [-0.3, -0.25) is 0 Å². The molecule has 2 bridgehead atoms. The van der Waals surface area contributed by atoms with Crippen molar-refractivity contribution in [2.75, 3.05) is 5.88 Å². The van der Waals surface area contributed by atoms with Crippen LogP contribution in [0.5, 0.6) is 0 Å². The van der Waals surface area contributed by atoms with E-state index in [2.05, 4.69) is 0 Å². The maximum atomic E-state index is 6.46. The highest BCUT2D eigenvalue weighted by molar-refractivity contribution is 6.49. The zero-order valence-corrected chi connectivity index (χ0v) is 16.0. The molecule has 0 N–H and O–H groups in total. The van der Waals surface area contributed by atoms with Crippen molar-refractivity contribution >= 4 is 104 Å². The summed E-state index contributed by atoms with van der Waals surface area (Å²) in [5, 5.41) is -2.23. The first-order valence-electron chi connectivity index (χ1n) is 5.39. The zero-order valence-electron chi connectivity index (χ0n) is 9.15. The Morgan fingerprint density at radius 2 is 1.21 bits per heavy atom. The third-order valence-corrected chi connectivity index (χ3v) is 9.04. The van der Waals surface area contributed by atoms with Gasteiger partial charge in [-0.05, 0) is 0 Å². The highest BCUT2D eigenvalue weighted by Gasteiger charge is 2.82. The molecule has 0 saturated heterocycles. The number of hydrogen-bond donors (Lipinski definition) is 0. The SMILES string of the molecule is ClC[C@]1(C(Cl)Cl)C2[C@H](Cl)[C@@H](Cl)C1(C(Cl)Cl)[C@H](Cl)[C@H]2Cl. The van der Waals surface area contributed by atoms with Crippen molar-refractivity contribution in [1.29, 1.82) is 0 Å². The molecule has 0 spiro atoms. The Morgan fingerprint density at radius 3 is 1.42 bits per heavy atom. The first-order valence-corrected chi connectivity index (χ1v) is 9.42. The van der Waals surface area contributed by atoms with E-state index in [0.29, 0.717) is 0 Å². The fraction of sp³-hybridized carbons (Fsp3) is 1.00. The van der Waals surface area contributed by atoms with Crippen molar-refractivity contribution in [3.63, 3.8) is 0 Å². The van der Waals surface area contributed by atoms with Crippen LogP contribution in [0.1, 0.15) is 0 Å². The lowest BCUT2D eigenvalue weighted by atomic mass is 9.69. The highest BCUT2D eigenvalue weighted by Crippen LogP contribution is 2.76. The molecule has 0 heterocycles. The van der Waals surface area contributed by atoms with Gasteiger partial charge < -0.3 is 0 Å². The summed E-state index contributed by atoms with van der Waals surface area (Å²) >= 11 is 56.7. The van der Waals surface area contributed by atoms with E-state index >= 15 is 0 Å². The lowest BCUT2D eigenvalue weighted by Crippen LogP contribution is -2.55. The Morgan fingerprint density at radius 1 is 0.789 bits per heavy atom. The third-order valence-electron chi connectivity index (χ3n) is 4.53. The predicted molar refractivity (Wildman–Crippen MR) is 88.6 cm³/mol. The molecular formula is C10H9Cl9. The van der Waals surface area contributed by atoms with Gasteiger partial charge in [0.25, 0.3) is 0 Å². The second-order valence-electron chi connectivity index (χ2n) is 4.93. The topological polar surface area (TPSA) is 0 Å². The smallest absolute Gasteiger partial charge is 0.117 e. The first kappa shape index (κ1) is 18.0. The van der Waals surface area contributed by atoms with Gasteiger partial charge in [-0.2, -0.15) is 0 Å². The summed E-state index contributed by atoms with van der Waals surface area (Å²) in [6.07, 6.45) is 0. The molecule has 5 atom stereocenters. The molecule has 112 valence electrons. The maximum Gasteiger partial charge on any atom is 0.117 e. The lowest BCUT2D eigenvalue weighted by molar-refractivity contribution is 0.147. The number of hydrogen-bond acceptors (Lipinski definition) is 0. The molecule has 2 aliphatic rings. The highest BCUT2D eigenvalue weighted by atomic mass is 35.5. The van der Waals surface area contributed by atoms with Gasteiger partial charge in [0, 0.05) is 22.6 Å². The van der Waals surface area contributed by atoms with E-state index in [1.165, 1.54) is 0 Å². The fourth-order valence-electron chi connectivity index (χ4n) is 3.63. The van der Waals surface area contributed by atoms with Crippen LogP contribution < -0.4 is 0 Å². The molecule has 2 aliphatic carbocycles. The monoisotopic (exact) mass is 444 g/mol. The van der Waals surface area contributed by atoms with E-state index in [9.17, 15) is 0 Å². The lowest BCUT2D eigenvalue weighted by Gasteiger charge is -2.47. The van der Waals surface area contributed by atoms with Crippen LogP contribution >= 0.6 is 104 Å². The van der Waals surface area contributed by atoms with Gasteiger partial charge in [0.2, 0.25) is 0 Å². The van der Waals surface area contributed by atoms with E-state index in [4.69, 9.17) is 104 Å². The molecular weight excluding hydrogens is 439 g/mol. The van der Waals surface area contributed by atoms with Crippen molar-refractivity contribution in [1.82, 2.24) is 0 Å². The van der Waals surface area contributed by atoms with Crippen molar-refractivity contribution in [3.05, 3.63) is 0 Å². The molecule has 2 fully saturated rings. The standard InChI is InChI=1S/C10H9Cl9/c11-1-9(7(16)17)2-3(12)5(14)10(9,8(18)19)6(15)4(2)13/h2-8H,1H2/t2?,3-,4-,5+,6+,9+,10?/m0/s1. The Bertz CT molecular complexity index is 343. The van der Waals surface area contributed by atoms with Crippen LogP contribution in [0.2, 0.25) is 0 Å². The number of alkyl halides is 9. The zero-order chi connectivity index (χ0) is 14.7. The van der Waals surface area contributed by atoms with Crippen LogP contribution in [0.4, 0.5) is 0 Å². The van der Waals surface area contributed by atoms with Crippen LogP contribution in [-0.4, -0.2) is 37.1 Å². The number of fused-ring (bicyclic) bond motifs is 2. The molecule has 0 aliphatic heterocycles. The van der Waals surface area contributed by atoms with Crippen LogP contribution in [0.3, 0.4) is 0 Å². The molecule has 0 amide bonds. The van der Waals surface area contributed by atoms with Crippen molar-refractivity contribution in [2.24, 2.45) is 16.7 Å². The van der Waals surface area contributed by atoms with E-state index in [0.717, 1.165) is 0 Å². The van der Waals surface area contributed by atoms with Gasteiger partial charge in [-0.1, -0.05) is 0 Å². The summed E-state index contributed by atoms with van der Waals surface area (Å²) in [6, 6.07) is 0. The van der Waals surface area contributed by atoms with E-state index < -0.39 is 42.0 Å². The van der Waals surface area contributed by atoms with Gasteiger partial charge in [0.1, 0.15) is 9.67 Å². The number of rotatable bonds is 3. The van der Waals surface area contributed by atoms with Crippen molar-refractivity contribution in [2.45, 2.75) is 31.2 Å². The summed E-state index contributed by atoms with van der Waals surface area (Å²) in [7, 11) is 0. The Balaban J connectivity index is 2.72. The molecule has 0 radical (unpaired) electrons. The molecule has 9 heteroatoms. The Hall–Kier alpha value is 2.61. The van der Waals surface area contributed by atoms with Crippen LogP contribution in [0, 0.1) is 16.7 Å². The van der Waals surface area contributed by atoms with Crippen LogP contribution in [0.15, 0.2) is 0 Å². The van der Waals surface area contributed by atoms with Crippen LogP contribution in [-0.2, 0) is 0 Å². The average Bonchev–Trinajstić information content (AvgIpc) is 2.66. The molecule has 2 saturated carbocycles. The Kier molecular flexibility index (Phi) is 5.59. The summed E-state index contributed by atoms with van der Waals surface area (Å²) < 4.78 is 0. The molecule has 0 aromatic heterocycles. The van der Waals surface area contributed by atoms with E-state index in [1.807, 2.05) is 0 Å². The molecule has 0 unspecified atom stereocenters. The molecule has 0 nitrogen and oxygen atoms in total. The minimum atomic E-state index is -1.04. The molecule has 0 aromatic carbocycles. The summed E-state index contributed by atoms with van der Waals surface area (Å²) in [4.78, 5) is -1.82. The fourth-order valence-corrected chi connectivity index (χ4v) is 8.95. The first-order chi connectivity index (χ1) is 8.71. The van der Waals surface area contributed by atoms with E-state index in [-0.39, 0.29) is 11.8 Å². The second-order valence-corrected chi connectivity index (χ2v) is 9.33. The maximum absolute atomic E-state index is 6.46. The molecule has 2 rings (SSSR count). The quantitative estimate of drug-likeness (QED) is 0.474. The molecule has 0 aromatic rings. The number of halogens is 9. The Labute approximate surface area is 157 Å². The molecule has 19 heavy (non-hydrogen) atoms. The van der Waals surface area contributed by atoms with Crippen molar-refractivity contribution in [3.8, 4) is 0 Å². The largest absolute Gasteiger partial charge is 0.126 e. The van der Waals surface area contributed by atoms with Gasteiger partial charge in [0.05, 0.1) is 21.5 Å². The minimum Gasteiger partial charge on any atom is -0.126 e. The van der Waals surface area contributed by atoms with Crippen molar-refractivity contribution < 1.29 is 0 Å². The summed E-state index contributed by atoms with van der Waals surface area (Å²) in [6.45, 7) is 0. The predicted octanol–water partition coefficient (Wildman–Crippen LogP) is 5.88. The van der Waals surface area contributed by atoms with Gasteiger partial charge >= 0.3 is 0 Å². The minimum absolute atomic E-state index is 0.0736. The van der Waals surface area contributed by atoms with Crippen LogP contribution in [0.25, 0.3) is 0 Å². The second kappa shape index (κ2) is 5.91. The van der Waals surface area contributed by atoms with E-state index in [1.54, 1.807) is 0 Å². The summed E-state index contributed by atoms with van der Waals surface area (Å²) in [5.74, 6) is -0.289. The summed E-state index contributed by atoms with van der Waals surface area (Å²) in [5.41, 5.74) is -1.97. The average molecular weight is 448 g/mol. The third kappa shape index (κ3) is 1.94. The van der Waals surface area contributed by atoms with Gasteiger partial charge in [0.15, 0.2) is 0 Å². The van der Waals surface area contributed by atoms with Gasteiger partial charge in [-0.15, -0.1) is 104 Å². The normalized spacial score (nSPS) is 53.5. The van der Waals surface area contributed by atoms with Gasteiger partial charge in [-0.25, -0.2) is 0 Å².